The molecule has 0 amide bonds. The second-order valence-electron chi connectivity index (χ2n) is 2.36. The van der Waals surface area contributed by atoms with Gasteiger partial charge in [0.25, 0.3) is 0 Å². The van der Waals surface area contributed by atoms with Gasteiger partial charge in [-0.3, -0.25) is 0 Å². The third-order valence-electron chi connectivity index (χ3n) is 1.62. The smallest absolute Gasteiger partial charge is 0.0692 e. The van der Waals surface area contributed by atoms with Gasteiger partial charge in [0.1, 0.15) is 0 Å². The molecule has 0 fully saturated rings. The highest BCUT2D eigenvalue weighted by Gasteiger charge is 1.95. The molecular formula is C8H11N2P. The number of rotatable bonds is 2. The van der Waals surface area contributed by atoms with Crippen molar-refractivity contribution in [2.75, 3.05) is 12.4 Å². The fourth-order valence-corrected chi connectivity index (χ4v) is 1.09. The maximum atomic E-state index is 3.89. The van der Waals surface area contributed by atoms with Crippen LogP contribution in [-0.4, -0.2) is 7.05 Å². The van der Waals surface area contributed by atoms with Gasteiger partial charge in [0.05, 0.1) is 5.69 Å². The minimum atomic E-state index is 0.927. The Kier molecular flexibility index (Phi) is 2.61. The van der Waals surface area contributed by atoms with E-state index in [0.717, 1.165) is 11.4 Å². The molecule has 0 saturated heterocycles. The molecule has 0 atom stereocenters. The molecule has 0 spiro atoms. The summed E-state index contributed by atoms with van der Waals surface area (Å²) in [5.41, 5.74) is 3.27. The average molecular weight is 166 g/mol. The molecule has 3 heteroatoms. The third kappa shape index (κ3) is 1.78. The van der Waals surface area contributed by atoms with E-state index in [1.165, 1.54) is 5.56 Å². The Labute approximate surface area is 68.9 Å². The highest BCUT2D eigenvalue weighted by molar-refractivity contribution is 7.04. The fraction of sp³-hybridized carbons (Fsp3) is 0.250. The quantitative estimate of drug-likeness (QED) is 0.671. The van der Waals surface area contributed by atoms with E-state index in [-0.39, 0.29) is 0 Å². The number of nitrogens with one attached hydrogen (secondary N) is 1. The van der Waals surface area contributed by atoms with Gasteiger partial charge in [0, 0.05) is 12.7 Å². The van der Waals surface area contributed by atoms with E-state index < -0.39 is 0 Å². The topological polar surface area (TPSA) is 24.4 Å². The summed E-state index contributed by atoms with van der Waals surface area (Å²) in [6.07, 6.45) is 0. The van der Waals surface area contributed by atoms with E-state index in [1.54, 1.807) is 0 Å². The third-order valence-corrected chi connectivity index (χ3v) is 1.88. The van der Waals surface area contributed by atoms with Gasteiger partial charge in [-0.1, -0.05) is 6.07 Å². The van der Waals surface area contributed by atoms with Crippen molar-refractivity contribution >= 4 is 20.4 Å². The summed E-state index contributed by atoms with van der Waals surface area (Å²) < 4.78 is 3.89. The van der Waals surface area contributed by atoms with Crippen LogP contribution in [0.15, 0.2) is 22.9 Å². The lowest BCUT2D eigenvalue weighted by Crippen LogP contribution is -1.89. The summed E-state index contributed by atoms with van der Waals surface area (Å²) in [4.78, 5) is 0. The Morgan fingerprint density at radius 2 is 2.18 bits per heavy atom. The van der Waals surface area contributed by atoms with Crippen molar-refractivity contribution in [1.29, 1.82) is 0 Å². The minimum absolute atomic E-state index is 0.927. The molecule has 1 aromatic rings. The monoisotopic (exact) mass is 166 g/mol. The second kappa shape index (κ2) is 3.49. The Morgan fingerprint density at radius 3 is 2.73 bits per heavy atom. The molecule has 1 N–H and O–H groups in total. The summed E-state index contributed by atoms with van der Waals surface area (Å²) in [7, 11) is 4.99. The molecule has 0 aliphatic carbocycles. The second-order valence-corrected chi connectivity index (χ2v) is 2.58. The van der Waals surface area contributed by atoms with Gasteiger partial charge in [0.15, 0.2) is 0 Å². The lowest BCUT2D eigenvalue weighted by molar-refractivity contribution is 1.39. The maximum absolute atomic E-state index is 3.89. The van der Waals surface area contributed by atoms with Gasteiger partial charge in [-0.15, -0.1) is 0 Å². The molecule has 0 aromatic heterocycles. The van der Waals surface area contributed by atoms with Crippen molar-refractivity contribution in [3.63, 3.8) is 0 Å². The highest BCUT2D eigenvalue weighted by atomic mass is 31.0. The summed E-state index contributed by atoms with van der Waals surface area (Å²) in [6, 6.07) is 5.98. The number of benzene rings is 1. The van der Waals surface area contributed by atoms with Crippen LogP contribution >= 0.6 is 9.03 Å². The first-order valence-electron chi connectivity index (χ1n) is 3.44. The molecule has 0 aliphatic rings. The molecule has 0 aliphatic heterocycles. The number of nitrogens with zero attached hydrogens (tertiary/aromatic N) is 1. The average Bonchev–Trinajstić information content (AvgIpc) is 2.05. The van der Waals surface area contributed by atoms with Gasteiger partial charge < -0.3 is 5.32 Å². The predicted octanol–water partition coefficient (Wildman–Crippen LogP) is 2.99. The summed E-state index contributed by atoms with van der Waals surface area (Å²) >= 11 is 0. The predicted molar refractivity (Wildman–Crippen MR) is 51.1 cm³/mol. The molecule has 0 radical (unpaired) electrons. The Bertz CT molecular complexity index is 271. The molecule has 11 heavy (non-hydrogen) atoms. The summed E-state index contributed by atoms with van der Waals surface area (Å²) in [6.45, 7) is 2.06. The van der Waals surface area contributed by atoms with E-state index in [2.05, 4.69) is 26.0 Å². The van der Waals surface area contributed by atoms with Crippen LogP contribution in [0.1, 0.15) is 5.56 Å². The van der Waals surface area contributed by atoms with E-state index in [1.807, 2.05) is 25.2 Å². The fourth-order valence-electron chi connectivity index (χ4n) is 0.949. The number of anilines is 1. The Morgan fingerprint density at radius 1 is 1.45 bits per heavy atom. The first-order chi connectivity index (χ1) is 5.27. The number of hydrogen-bond acceptors (Lipinski definition) is 2. The molecule has 2 nitrogen and oxygen atoms in total. The minimum Gasteiger partial charge on any atom is -0.388 e. The Balaban J connectivity index is 3.12. The normalized spacial score (nSPS) is 9.27. The summed E-state index contributed by atoms with van der Waals surface area (Å²) in [5.74, 6) is 0. The van der Waals surface area contributed by atoms with E-state index >= 15 is 0 Å². The molecular weight excluding hydrogens is 155 g/mol. The van der Waals surface area contributed by atoms with E-state index in [0.29, 0.717) is 0 Å². The van der Waals surface area contributed by atoms with Crippen LogP contribution in [0.2, 0.25) is 0 Å². The molecule has 1 rings (SSSR count). The van der Waals surface area contributed by atoms with E-state index in [4.69, 9.17) is 0 Å². The van der Waals surface area contributed by atoms with Crippen LogP contribution in [0.4, 0.5) is 11.4 Å². The van der Waals surface area contributed by atoms with Gasteiger partial charge in [0.2, 0.25) is 0 Å². The molecule has 0 saturated carbocycles. The van der Waals surface area contributed by atoms with Crippen molar-refractivity contribution in [3.8, 4) is 0 Å². The zero-order chi connectivity index (χ0) is 8.27. The number of aryl methyl sites for hydroxylation is 1. The van der Waals surface area contributed by atoms with Crippen molar-refractivity contribution in [2.24, 2.45) is 4.74 Å². The van der Waals surface area contributed by atoms with E-state index in [9.17, 15) is 0 Å². The molecule has 0 unspecified atom stereocenters. The van der Waals surface area contributed by atoms with Crippen molar-refractivity contribution in [2.45, 2.75) is 6.92 Å². The van der Waals surface area contributed by atoms with Crippen LogP contribution in [-0.2, 0) is 0 Å². The zero-order valence-corrected chi connectivity index (χ0v) is 7.68. The van der Waals surface area contributed by atoms with Crippen LogP contribution in [0.5, 0.6) is 0 Å². The maximum Gasteiger partial charge on any atom is 0.0692 e. The van der Waals surface area contributed by atoms with Crippen LogP contribution in [0, 0.1) is 6.92 Å². The largest absolute Gasteiger partial charge is 0.388 e. The van der Waals surface area contributed by atoms with Gasteiger partial charge in [-0.2, -0.15) is 0 Å². The molecule has 1 aromatic carbocycles. The lowest BCUT2D eigenvalue weighted by atomic mass is 10.2. The van der Waals surface area contributed by atoms with Crippen molar-refractivity contribution < 1.29 is 0 Å². The first-order valence-corrected chi connectivity index (χ1v) is 3.88. The van der Waals surface area contributed by atoms with Gasteiger partial charge in [-0.25, -0.2) is 4.74 Å². The van der Waals surface area contributed by atoms with Crippen LogP contribution in [0.25, 0.3) is 0 Å². The van der Waals surface area contributed by atoms with Gasteiger partial charge >= 0.3 is 0 Å². The molecule has 0 heterocycles. The zero-order valence-electron chi connectivity index (χ0n) is 6.68. The van der Waals surface area contributed by atoms with Gasteiger partial charge in [-0.05, 0) is 33.7 Å². The van der Waals surface area contributed by atoms with Crippen LogP contribution in [0.3, 0.4) is 0 Å². The lowest BCUT2D eigenvalue weighted by Gasteiger charge is -2.04. The SMILES string of the molecule is CNc1cc(N=P)ccc1C. The highest BCUT2D eigenvalue weighted by Crippen LogP contribution is 2.22. The van der Waals surface area contributed by atoms with Crippen LogP contribution < -0.4 is 5.32 Å². The molecule has 0 bridgehead atoms. The number of hydrogen-bond donors (Lipinski definition) is 1. The first kappa shape index (κ1) is 8.22. The molecule has 58 valence electrons. The Hall–Kier alpha value is -0.880. The van der Waals surface area contributed by atoms with Crippen molar-refractivity contribution in [3.05, 3.63) is 23.8 Å². The van der Waals surface area contributed by atoms with Crippen molar-refractivity contribution in [1.82, 2.24) is 0 Å². The summed E-state index contributed by atoms with van der Waals surface area (Å²) in [5, 5.41) is 3.09. The standard InChI is InChI=1S/C8H11N2P/c1-6-3-4-7(10-11)5-8(6)9-2/h3-5,9,11H,1-2H3.